The van der Waals surface area contributed by atoms with Gasteiger partial charge in [0.2, 0.25) is 5.91 Å². The molecule has 6 nitrogen and oxygen atoms in total. The quantitative estimate of drug-likeness (QED) is 0.465. The van der Waals surface area contributed by atoms with Crippen LogP contribution in [0.4, 0.5) is 0 Å². The summed E-state index contributed by atoms with van der Waals surface area (Å²) in [6.07, 6.45) is 12.1. The van der Waals surface area contributed by atoms with Crippen molar-refractivity contribution in [1.29, 1.82) is 0 Å². The minimum absolute atomic E-state index is 0.0326. The van der Waals surface area contributed by atoms with E-state index in [0.29, 0.717) is 35.0 Å². The molecule has 0 bridgehead atoms. The van der Waals surface area contributed by atoms with Crippen LogP contribution in [-0.2, 0) is 14.9 Å². The molecule has 4 fully saturated rings. The second-order valence-corrected chi connectivity index (χ2v) is 14.0. The maximum absolute atomic E-state index is 12.2. The fourth-order valence-corrected chi connectivity index (χ4v) is 9.54. The molecule has 0 unspecified atom stereocenters. The van der Waals surface area contributed by atoms with Crippen molar-refractivity contribution in [1.82, 2.24) is 5.32 Å². The Labute approximate surface area is 200 Å². The van der Waals surface area contributed by atoms with Gasteiger partial charge in [0, 0.05) is 13.0 Å². The molecule has 4 rings (SSSR count). The third-order valence-corrected chi connectivity index (χ3v) is 11.6. The summed E-state index contributed by atoms with van der Waals surface area (Å²) in [5, 5.41) is 12.9. The van der Waals surface area contributed by atoms with Gasteiger partial charge in [-0.05, 0) is 111 Å². The standard InChI is InChI=1S/C26H45NO5S/c1-17(4-9-24(29)27-14-15-33(30,31)32)21-7-8-22-20-6-5-18-16-19(28)10-12-25(18,2)23(20)11-13-26(21,22)3/h17-23,28H,4-16H2,1-3H3,(H,27,29)(H,30,31,32)/t17-,18-,19+,20+,21-,22+,23+,25+,26-/m1/s1. The van der Waals surface area contributed by atoms with Crippen LogP contribution in [0.3, 0.4) is 0 Å². The van der Waals surface area contributed by atoms with Crippen LogP contribution >= 0.6 is 0 Å². The highest BCUT2D eigenvalue weighted by Crippen LogP contribution is 2.68. The number of hydrogen-bond donors (Lipinski definition) is 3. The molecule has 3 N–H and O–H groups in total. The van der Waals surface area contributed by atoms with E-state index in [1.54, 1.807) is 0 Å². The molecule has 0 aromatic heterocycles. The van der Waals surface area contributed by atoms with Crippen LogP contribution in [0.2, 0.25) is 0 Å². The molecule has 0 heterocycles. The van der Waals surface area contributed by atoms with E-state index in [4.69, 9.17) is 4.55 Å². The predicted molar refractivity (Wildman–Crippen MR) is 129 cm³/mol. The van der Waals surface area contributed by atoms with Crippen LogP contribution in [0.25, 0.3) is 0 Å². The van der Waals surface area contributed by atoms with Crippen molar-refractivity contribution < 1.29 is 22.9 Å². The van der Waals surface area contributed by atoms with E-state index in [-0.39, 0.29) is 18.6 Å². The van der Waals surface area contributed by atoms with Gasteiger partial charge in [0.05, 0.1) is 11.9 Å². The summed E-state index contributed by atoms with van der Waals surface area (Å²) in [5.41, 5.74) is 0.771. The SMILES string of the molecule is C[C@H](CCC(=O)NCCS(=O)(=O)O)[C@H]1CC[C@H]2[C@@H]3CC[C@@H]4C[C@@H](O)CC[C@]4(C)[C@H]3CC[C@]12C. The molecule has 0 radical (unpaired) electrons. The fourth-order valence-electron chi connectivity index (χ4n) is 9.18. The van der Waals surface area contributed by atoms with Gasteiger partial charge in [0.25, 0.3) is 10.1 Å². The lowest BCUT2D eigenvalue weighted by Crippen LogP contribution is -2.54. The Kier molecular flexibility index (Phi) is 7.26. The molecule has 4 aliphatic carbocycles. The van der Waals surface area contributed by atoms with Gasteiger partial charge in [-0.25, -0.2) is 0 Å². The zero-order chi connectivity index (χ0) is 24.0. The number of nitrogens with one attached hydrogen (secondary N) is 1. The molecule has 9 atom stereocenters. The molecule has 1 amide bonds. The normalized spacial score (nSPS) is 43.8. The third-order valence-electron chi connectivity index (χ3n) is 10.9. The number of carbonyl (C=O) groups is 1. The Hall–Kier alpha value is -0.660. The first kappa shape index (κ1) is 25.4. The van der Waals surface area contributed by atoms with Gasteiger partial charge in [-0.15, -0.1) is 0 Å². The summed E-state index contributed by atoms with van der Waals surface area (Å²) < 4.78 is 30.5. The molecule has 190 valence electrons. The van der Waals surface area contributed by atoms with Gasteiger partial charge in [0.1, 0.15) is 0 Å². The largest absolute Gasteiger partial charge is 0.393 e. The second kappa shape index (κ2) is 9.42. The highest BCUT2D eigenvalue weighted by Gasteiger charge is 2.60. The van der Waals surface area contributed by atoms with E-state index < -0.39 is 15.9 Å². The van der Waals surface area contributed by atoms with Crippen molar-refractivity contribution in [3.05, 3.63) is 0 Å². The molecule has 0 aromatic rings. The summed E-state index contributed by atoms with van der Waals surface area (Å²) in [6.45, 7) is 7.34. The lowest BCUT2D eigenvalue weighted by Gasteiger charge is -2.61. The van der Waals surface area contributed by atoms with Crippen molar-refractivity contribution in [3.63, 3.8) is 0 Å². The van der Waals surface area contributed by atoms with Gasteiger partial charge >= 0.3 is 0 Å². The number of hydrogen-bond acceptors (Lipinski definition) is 4. The molecule has 4 aliphatic rings. The molecular formula is C26H45NO5S. The Balaban J connectivity index is 1.35. The summed E-state index contributed by atoms with van der Waals surface area (Å²) in [5.74, 6) is 3.68. The zero-order valence-corrected chi connectivity index (χ0v) is 21.6. The fraction of sp³-hybridized carbons (Fsp3) is 0.962. The number of aliphatic hydroxyl groups is 1. The number of aliphatic hydroxyl groups excluding tert-OH is 1. The van der Waals surface area contributed by atoms with E-state index in [1.165, 1.54) is 44.9 Å². The highest BCUT2D eigenvalue weighted by atomic mass is 32.2. The minimum Gasteiger partial charge on any atom is -0.393 e. The molecular weight excluding hydrogens is 438 g/mol. The average Bonchev–Trinajstić information content (AvgIpc) is 3.09. The number of rotatable bonds is 7. The first-order valence-corrected chi connectivity index (χ1v) is 14.9. The van der Waals surface area contributed by atoms with Crippen LogP contribution < -0.4 is 5.32 Å². The Morgan fingerprint density at radius 1 is 1.03 bits per heavy atom. The first-order valence-electron chi connectivity index (χ1n) is 13.3. The van der Waals surface area contributed by atoms with E-state index in [9.17, 15) is 18.3 Å². The number of fused-ring (bicyclic) bond motifs is 5. The Morgan fingerprint density at radius 3 is 2.45 bits per heavy atom. The Morgan fingerprint density at radius 2 is 1.73 bits per heavy atom. The van der Waals surface area contributed by atoms with Crippen molar-refractivity contribution in [2.24, 2.45) is 46.3 Å². The van der Waals surface area contributed by atoms with Crippen molar-refractivity contribution in [3.8, 4) is 0 Å². The average molecular weight is 484 g/mol. The van der Waals surface area contributed by atoms with Crippen LogP contribution in [0.15, 0.2) is 0 Å². The summed E-state index contributed by atoms with van der Waals surface area (Å²) >= 11 is 0. The van der Waals surface area contributed by atoms with Gasteiger partial charge in [-0.3, -0.25) is 9.35 Å². The van der Waals surface area contributed by atoms with Crippen molar-refractivity contribution in [2.45, 2.75) is 97.5 Å². The molecule has 0 spiro atoms. The van der Waals surface area contributed by atoms with E-state index >= 15 is 0 Å². The minimum atomic E-state index is -4.04. The summed E-state index contributed by atoms with van der Waals surface area (Å²) in [7, 11) is -4.04. The van der Waals surface area contributed by atoms with Gasteiger partial charge in [0.15, 0.2) is 0 Å². The molecule has 0 aliphatic heterocycles. The highest BCUT2D eigenvalue weighted by molar-refractivity contribution is 7.85. The predicted octanol–water partition coefficient (Wildman–Crippen LogP) is 4.43. The van der Waals surface area contributed by atoms with E-state index in [0.717, 1.165) is 37.0 Å². The van der Waals surface area contributed by atoms with Gasteiger partial charge < -0.3 is 10.4 Å². The van der Waals surface area contributed by atoms with Gasteiger partial charge in [-0.2, -0.15) is 8.42 Å². The molecule has 0 saturated heterocycles. The van der Waals surface area contributed by atoms with Crippen LogP contribution in [0.5, 0.6) is 0 Å². The maximum Gasteiger partial charge on any atom is 0.266 e. The van der Waals surface area contributed by atoms with E-state index in [2.05, 4.69) is 26.1 Å². The molecule has 4 saturated carbocycles. The number of amides is 1. The van der Waals surface area contributed by atoms with E-state index in [1.807, 2.05) is 0 Å². The topological polar surface area (TPSA) is 104 Å². The smallest absolute Gasteiger partial charge is 0.266 e. The molecule has 7 heteroatoms. The lowest BCUT2D eigenvalue weighted by atomic mass is 9.44. The monoisotopic (exact) mass is 483 g/mol. The maximum atomic E-state index is 12.2. The van der Waals surface area contributed by atoms with Gasteiger partial charge in [-0.1, -0.05) is 20.8 Å². The first-order chi connectivity index (χ1) is 15.4. The lowest BCUT2D eigenvalue weighted by molar-refractivity contribution is -0.129. The number of carbonyl (C=O) groups excluding carboxylic acids is 1. The van der Waals surface area contributed by atoms with Crippen molar-refractivity contribution in [2.75, 3.05) is 12.3 Å². The summed E-state index contributed by atoms with van der Waals surface area (Å²) in [4.78, 5) is 12.2. The second-order valence-electron chi connectivity index (χ2n) is 12.5. The summed E-state index contributed by atoms with van der Waals surface area (Å²) in [6, 6.07) is 0. The van der Waals surface area contributed by atoms with Crippen molar-refractivity contribution >= 4 is 16.0 Å². The molecule has 33 heavy (non-hydrogen) atoms. The zero-order valence-electron chi connectivity index (χ0n) is 20.8. The third kappa shape index (κ3) is 5.02. The van der Waals surface area contributed by atoms with Crippen LogP contribution in [-0.4, -0.2) is 42.4 Å². The Bertz CT molecular complexity index is 831. The molecule has 0 aromatic carbocycles. The van der Waals surface area contributed by atoms with Crippen LogP contribution in [0, 0.1) is 46.3 Å². The van der Waals surface area contributed by atoms with Crippen LogP contribution in [0.1, 0.15) is 91.4 Å².